The monoisotopic (exact) mass is 266 g/mol. The van der Waals surface area contributed by atoms with Crippen LogP contribution in [0.3, 0.4) is 0 Å². The zero-order valence-corrected chi connectivity index (χ0v) is 11.4. The second-order valence-electron chi connectivity index (χ2n) is 4.41. The standard InChI is InChI=1S/C14H22N2O3/c1-2-3-4-5-10-15-11-12-19-14-8-6-13(7-9-14)16(17)18/h6-9,15H,2-5,10-12H2,1H3. The molecule has 1 N–H and O–H groups in total. The summed E-state index contributed by atoms with van der Waals surface area (Å²) in [4.78, 5) is 10.1. The average molecular weight is 266 g/mol. The highest BCUT2D eigenvalue weighted by atomic mass is 16.6. The summed E-state index contributed by atoms with van der Waals surface area (Å²) >= 11 is 0. The molecule has 0 aliphatic carbocycles. The molecular formula is C14H22N2O3. The number of rotatable bonds is 10. The van der Waals surface area contributed by atoms with Crippen LogP contribution in [0.2, 0.25) is 0 Å². The number of nitro groups is 1. The number of unbranched alkanes of at least 4 members (excludes halogenated alkanes) is 3. The van der Waals surface area contributed by atoms with Crippen molar-refractivity contribution >= 4 is 5.69 Å². The van der Waals surface area contributed by atoms with Crippen molar-refractivity contribution in [3.05, 3.63) is 34.4 Å². The first-order valence-electron chi connectivity index (χ1n) is 6.82. The van der Waals surface area contributed by atoms with Gasteiger partial charge in [-0.15, -0.1) is 0 Å². The lowest BCUT2D eigenvalue weighted by atomic mass is 10.2. The Bertz CT molecular complexity index is 365. The predicted octanol–water partition coefficient (Wildman–Crippen LogP) is 3.14. The summed E-state index contributed by atoms with van der Waals surface area (Å²) in [6.45, 7) is 4.59. The van der Waals surface area contributed by atoms with Crippen LogP contribution in [-0.2, 0) is 0 Å². The number of nitrogens with zero attached hydrogens (tertiary/aromatic N) is 1. The van der Waals surface area contributed by atoms with Crippen LogP contribution in [0.25, 0.3) is 0 Å². The highest BCUT2D eigenvalue weighted by Crippen LogP contribution is 2.16. The molecule has 1 aromatic rings. The van der Waals surface area contributed by atoms with Gasteiger partial charge in [0.2, 0.25) is 0 Å². The molecule has 1 rings (SSSR count). The maximum Gasteiger partial charge on any atom is 0.269 e. The molecule has 0 saturated carbocycles. The van der Waals surface area contributed by atoms with Gasteiger partial charge in [0, 0.05) is 18.7 Å². The minimum atomic E-state index is -0.415. The summed E-state index contributed by atoms with van der Waals surface area (Å²) in [5.74, 6) is 0.665. The molecule has 0 spiro atoms. The maximum atomic E-state index is 10.5. The van der Waals surface area contributed by atoms with Gasteiger partial charge in [-0.05, 0) is 25.1 Å². The van der Waals surface area contributed by atoms with Crippen LogP contribution >= 0.6 is 0 Å². The first-order valence-corrected chi connectivity index (χ1v) is 6.82. The van der Waals surface area contributed by atoms with E-state index >= 15 is 0 Å². The quantitative estimate of drug-likeness (QED) is 0.401. The summed E-state index contributed by atoms with van der Waals surface area (Å²) in [6.07, 6.45) is 5.02. The third-order valence-electron chi connectivity index (χ3n) is 2.80. The molecule has 0 radical (unpaired) electrons. The van der Waals surface area contributed by atoms with Crippen molar-refractivity contribution in [2.45, 2.75) is 32.6 Å². The maximum absolute atomic E-state index is 10.5. The van der Waals surface area contributed by atoms with Gasteiger partial charge in [-0.1, -0.05) is 26.2 Å². The molecule has 19 heavy (non-hydrogen) atoms. The number of nitro benzene ring substituents is 1. The molecule has 0 aromatic heterocycles. The Hall–Kier alpha value is -1.62. The molecule has 0 atom stereocenters. The molecule has 0 unspecified atom stereocenters. The summed E-state index contributed by atoms with van der Waals surface area (Å²) in [6, 6.07) is 6.15. The van der Waals surface area contributed by atoms with Crippen LogP contribution in [0.4, 0.5) is 5.69 Å². The Morgan fingerprint density at radius 1 is 1.16 bits per heavy atom. The van der Waals surface area contributed by atoms with Gasteiger partial charge in [-0.3, -0.25) is 10.1 Å². The van der Waals surface area contributed by atoms with Crippen molar-refractivity contribution < 1.29 is 9.66 Å². The molecule has 5 heteroatoms. The van der Waals surface area contributed by atoms with Crippen LogP contribution in [0.15, 0.2) is 24.3 Å². The van der Waals surface area contributed by atoms with Gasteiger partial charge in [-0.25, -0.2) is 0 Å². The molecule has 0 heterocycles. The first kappa shape index (κ1) is 15.4. The zero-order chi connectivity index (χ0) is 13.9. The second-order valence-corrected chi connectivity index (χ2v) is 4.41. The third kappa shape index (κ3) is 6.76. The van der Waals surface area contributed by atoms with Gasteiger partial charge in [0.15, 0.2) is 0 Å². The minimum Gasteiger partial charge on any atom is -0.492 e. The van der Waals surface area contributed by atoms with Crippen LogP contribution in [-0.4, -0.2) is 24.6 Å². The summed E-state index contributed by atoms with van der Waals surface area (Å²) < 4.78 is 5.48. The Labute approximate surface area is 114 Å². The van der Waals surface area contributed by atoms with E-state index < -0.39 is 4.92 Å². The van der Waals surface area contributed by atoms with Gasteiger partial charge in [0.25, 0.3) is 5.69 Å². The Morgan fingerprint density at radius 2 is 1.89 bits per heavy atom. The van der Waals surface area contributed by atoms with E-state index in [2.05, 4.69) is 12.2 Å². The smallest absolute Gasteiger partial charge is 0.269 e. The van der Waals surface area contributed by atoms with E-state index in [0.717, 1.165) is 13.1 Å². The van der Waals surface area contributed by atoms with Crippen LogP contribution in [0, 0.1) is 10.1 Å². The Morgan fingerprint density at radius 3 is 2.53 bits per heavy atom. The number of non-ortho nitro benzene ring substituents is 1. The Balaban J connectivity index is 2.07. The minimum absolute atomic E-state index is 0.0846. The van der Waals surface area contributed by atoms with Gasteiger partial charge >= 0.3 is 0 Å². The first-order chi connectivity index (χ1) is 9.24. The molecule has 1 aromatic carbocycles. The Kier molecular flexibility index (Phi) is 7.58. The van der Waals surface area contributed by atoms with Crippen molar-refractivity contribution in [3.63, 3.8) is 0 Å². The van der Waals surface area contributed by atoms with E-state index in [4.69, 9.17) is 4.74 Å². The number of ether oxygens (including phenoxy) is 1. The molecule has 5 nitrogen and oxygen atoms in total. The fraction of sp³-hybridized carbons (Fsp3) is 0.571. The normalized spacial score (nSPS) is 10.4. The zero-order valence-electron chi connectivity index (χ0n) is 11.4. The highest BCUT2D eigenvalue weighted by molar-refractivity contribution is 5.35. The molecule has 0 saturated heterocycles. The molecule has 106 valence electrons. The molecule has 0 amide bonds. The molecule has 0 aliphatic rings. The number of nitrogens with one attached hydrogen (secondary N) is 1. The van der Waals surface area contributed by atoms with Gasteiger partial charge < -0.3 is 10.1 Å². The van der Waals surface area contributed by atoms with Crippen LogP contribution in [0.1, 0.15) is 32.6 Å². The van der Waals surface area contributed by atoms with E-state index in [9.17, 15) is 10.1 Å². The van der Waals surface area contributed by atoms with E-state index in [1.807, 2.05) is 0 Å². The van der Waals surface area contributed by atoms with E-state index in [-0.39, 0.29) is 5.69 Å². The van der Waals surface area contributed by atoms with E-state index in [1.54, 1.807) is 12.1 Å². The van der Waals surface area contributed by atoms with Gasteiger partial charge in [0.1, 0.15) is 12.4 Å². The van der Waals surface area contributed by atoms with E-state index in [0.29, 0.717) is 12.4 Å². The summed E-state index contributed by atoms with van der Waals surface area (Å²) in [5.41, 5.74) is 0.0846. The van der Waals surface area contributed by atoms with E-state index in [1.165, 1.54) is 37.8 Å². The second kappa shape index (κ2) is 9.33. The SMILES string of the molecule is CCCCCCNCCOc1ccc([N+](=O)[O-])cc1. The molecule has 0 bridgehead atoms. The van der Waals surface area contributed by atoms with Crippen LogP contribution in [0.5, 0.6) is 5.75 Å². The molecule has 0 fully saturated rings. The van der Waals surface area contributed by atoms with Crippen molar-refractivity contribution in [2.75, 3.05) is 19.7 Å². The number of hydrogen-bond acceptors (Lipinski definition) is 4. The van der Waals surface area contributed by atoms with Gasteiger partial charge in [0.05, 0.1) is 4.92 Å². The highest BCUT2D eigenvalue weighted by Gasteiger charge is 2.03. The van der Waals surface area contributed by atoms with Crippen molar-refractivity contribution in [2.24, 2.45) is 0 Å². The summed E-state index contributed by atoms with van der Waals surface area (Å²) in [7, 11) is 0. The molecular weight excluding hydrogens is 244 g/mol. The van der Waals surface area contributed by atoms with Gasteiger partial charge in [-0.2, -0.15) is 0 Å². The lowest BCUT2D eigenvalue weighted by Gasteiger charge is -2.07. The van der Waals surface area contributed by atoms with Crippen LogP contribution < -0.4 is 10.1 Å². The number of hydrogen-bond donors (Lipinski definition) is 1. The average Bonchev–Trinajstić information content (AvgIpc) is 2.42. The fourth-order valence-electron chi connectivity index (χ4n) is 1.71. The van der Waals surface area contributed by atoms with Crippen molar-refractivity contribution in [1.82, 2.24) is 5.32 Å². The van der Waals surface area contributed by atoms with Crippen molar-refractivity contribution in [1.29, 1.82) is 0 Å². The lowest BCUT2D eigenvalue weighted by Crippen LogP contribution is -2.22. The largest absolute Gasteiger partial charge is 0.492 e. The third-order valence-corrected chi connectivity index (χ3v) is 2.80. The predicted molar refractivity (Wildman–Crippen MR) is 75.6 cm³/mol. The van der Waals surface area contributed by atoms with Crippen molar-refractivity contribution in [3.8, 4) is 5.75 Å². The number of benzene rings is 1. The topological polar surface area (TPSA) is 64.4 Å². The molecule has 0 aliphatic heterocycles. The summed E-state index contributed by atoms with van der Waals surface area (Å²) in [5, 5.41) is 13.8. The lowest BCUT2D eigenvalue weighted by molar-refractivity contribution is -0.384. The fourth-order valence-corrected chi connectivity index (χ4v) is 1.71.